The monoisotopic (exact) mass is 379 g/mol. The van der Waals surface area contributed by atoms with Crippen molar-refractivity contribution < 1.29 is 4.74 Å². The smallest absolute Gasteiger partial charge is 0.156 e. The normalized spacial score (nSPS) is 19.0. The number of ether oxygens (including phenoxy) is 1. The molecular weight excluding hydrogens is 361 g/mol. The molecule has 3 aromatic rings. The van der Waals surface area contributed by atoms with E-state index in [9.17, 15) is 0 Å². The lowest BCUT2D eigenvalue weighted by atomic mass is 10.0. The Bertz CT molecular complexity index is 900. The molecule has 0 amide bonds. The highest BCUT2D eigenvalue weighted by Crippen LogP contribution is 2.30. The summed E-state index contributed by atoms with van der Waals surface area (Å²) < 4.78 is 7.61. The number of rotatable bonds is 3. The Morgan fingerprint density at radius 2 is 2.16 bits per heavy atom. The topological polar surface area (TPSA) is 58.5 Å². The number of nitrogens with zero attached hydrogens (tertiary/aromatic N) is 4. The average molecular weight is 380 g/mol. The summed E-state index contributed by atoms with van der Waals surface area (Å²) in [5.41, 5.74) is 4.99. The second kappa shape index (κ2) is 6.61. The minimum Gasteiger partial charge on any atom is -0.378 e. The van der Waals surface area contributed by atoms with Crippen molar-refractivity contribution in [1.29, 1.82) is 0 Å². The van der Waals surface area contributed by atoms with Gasteiger partial charge in [0, 0.05) is 36.7 Å². The van der Waals surface area contributed by atoms with Gasteiger partial charge in [-0.05, 0) is 19.9 Å². The van der Waals surface area contributed by atoms with Crippen molar-refractivity contribution in [2.24, 2.45) is 0 Å². The Hall–Kier alpha value is -1.60. The van der Waals surface area contributed by atoms with E-state index in [1.165, 1.54) is 5.56 Å². The van der Waals surface area contributed by atoms with Gasteiger partial charge in [0.15, 0.2) is 5.65 Å². The van der Waals surface area contributed by atoms with E-state index in [-0.39, 0.29) is 6.04 Å². The summed E-state index contributed by atoms with van der Waals surface area (Å²) in [6.45, 7) is 7.01. The fraction of sp³-hybridized carbons (Fsp3) is 0.412. The van der Waals surface area contributed by atoms with Crippen LogP contribution in [0.5, 0.6) is 0 Å². The SMILES string of the molecule is Cc1n[nH]c(C)c1C1COCCN1Cc1cn2cc(Cl)cc(Cl)c2n1. The zero-order chi connectivity index (χ0) is 17.6. The van der Waals surface area contributed by atoms with E-state index in [1.807, 2.05) is 23.7 Å². The molecule has 0 saturated carbocycles. The minimum atomic E-state index is 0.163. The van der Waals surface area contributed by atoms with Crippen molar-refractivity contribution in [2.75, 3.05) is 19.8 Å². The Balaban J connectivity index is 1.65. The molecule has 1 aliphatic heterocycles. The van der Waals surface area contributed by atoms with Gasteiger partial charge in [-0.3, -0.25) is 10.00 Å². The van der Waals surface area contributed by atoms with Crippen molar-refractivity contribution in [3.05, 3.63) is 51.2 Å². The van der Waals surface area contributed by atoms with Crippen LogP contribution in [0.25, 0.3) is 5.65 Å². The molecule has 0 aromatic carbocycles. The number of hydrogen-bond acceptors (Lipinski definition) is 4. The van der Waals surface area contributed by atoms with Gasteiger partial charge in [-0.1, -0.05) is 23.2 Å². The van der Waals surface area contributed by atoms with E-state index in [0.717, 1.165) is 29.3 Å². The average Bonchev–Trinajstić information content (AvgIpc) is 3.11. The number of fused-ring (bicyclic) bond motifs is 1. The van der Waals surface area contributed by atoms with Gasteiger partial charge in [0.1, 0.15) is 0 Å². The molecule has 4 heterocycles. The number of imidazole rings is 1. The summed E-state index contributed by atoms with van der Waals surface area (Å²) in [6.07, 6.45) is 3.80. The van der Waals surface area contributed by atoms with Gasteiger partial charge in [-0.25, -0.2) is 4.98 Å². The van der Waals surface area contributed by atoms with E-state index in [0.29, 0.717) is 29.8 Å². The Morgan fingerprint density at radius 3 is 2.92 bits per heavy atom. The molecule has 3 aromatic heterocycles. The number of aromatic nitrogens is 4. The molecule has 132 valence electrons. The maximum Gasteiger partial charge on any atom is 0.156 e. The highest BCUT2D eigenvalue weighted by Gasteiger charge is 2.29. The first kappa shape index (κ1) is 16.8. The van der Waals surface area contributed by atoms with Crippen molar-refractivity contribution in [3.8, 4) is 0 Å². The first-order valence-corrected chi connectivity index (χ1v) is 8.94. The number of morpholine rings is 1. The van der Waals surface area contributed by atoms with Crippen LogP contribution >= 0.6 is 23.2 Å². The van der Waals surface area contributed by atoms with Gasteiger partial charge < -0.3 is 9.14 Å². The first-order chi connectivity index (χ1) is 12.0. The van der Waals surface area contributed by atoms with E-state index in [4.69, 9.17) is 27.9 Å². The molecule has 0 bridgehead atoms. The highest BCUT2D eigenvalue weighted by atomic mass is 35.5. The van der Waals surface area contributed by atoms with Crippen LogP contribution in [-0.2, 0) is 11.3 Å². The van der Waals surface area contributed by atoms with Gasteiger partial charge in [-0.15, -0.1) is 0 Å². The maximum atomic E-state index is 6.26. The molecule has 1 fully saturated rings. The number of hydrogen-bond donors (Lipinski definition) is 1. The number of H-pyrrole nitrogens is 1. The predicted molar refractivity (Wildman–Crippen MR) is 97.2 cm³/mol. The highest BCUT2D eigenvalue weighted by molar-refractivity contribution is 6.36. The summed E-state index contributed by atoms with van der Waals surface area (Å²) >= 11 is 12.3. The molecule has 1 unspecified atom stereocenters. The molecule has 4 rings (SSSR count). The van der Waals surface area contributed by atoms with Crippen LogP contribution in [0.1, 0.15) is 28.7 Å². The van der Waals surface area contributed by atoms with Gasteiger partial charge in [0.05, 0.1) is 40.7 Å². The summed E-state index contributed by atoms with van der Waals surface area (Å²) in [4.78, 5) is 7.06. The Morgan fingerprint density at radius 1 is 1.32 bits per heavy atom. The molecule has 1 saturated heterocycles. The third-order valence-corrected chi connectivity index (χ3v) is 5.13. The molecule has 0 spiro atoms. The molecule has 1 aliphatic rings. The quantitative estimate of drug-likeness (QED) is 0.755. The summed E-state index contributed by atoms with van der Waals surface area (Å²) in [5.74, 6) is 0. The first-order valence-electron chi connectivity index (χ1n) is 8.19. The zero-order valence-electron chi connectivity index (χ0n) is 14.1. The number of halogens is 2. The number of pyridine rings is 1. The molecule has 1 N–H and O–H groups in total. The second-order valence-corrected chi connectivity index (χ2v) is 7.22. The largest absolute Gasteiger partial charge is 0.378 e. The lowest BCUT2D eigenvalue weighted by Gasteiger charge is -2.35. The van der Waals surface area contributed by atoms with Crippen LogP contribution in [0.4, 0.5) is 0 Å². The van der Waals surface area contributed by atoms with Crippen LogP contribution in [0.15, 0.2) is 18.5 Å². The fourth-order valence-electron chi connectivity index (χ4n) is 3.50. The van der Waals surface area contributed by atoms with E-state index >= 15 is 0 Å². The van der Waals surface area contributed by atoms with Crippen molar-refractivity contribution >= 4 is 28.8 Å². The number of aromatic amines is 1. The van der Waals surface area contributed by atoms with Gasteiger partial charge >= 0.3 is 0 Å². The minimum absolute atomic E-state index is 0.163. The summed E-state index contributed by atoms with van der Waals surface area (Å²) in [7, 11) is 0. The second-order valence-electron chi connectivity index (χ2n) is 6.38. The van der Waals surface area contributed by atoms with Gasteiger partial charge in [0.2, 0.25) is 0 Å². The van der Waals surface area contributed by atoms with Gasteiger partial charge in [-0.2, -0.15) is 5.10 Å². The fourth-order valence-corrected chi connectivity index (χ4v) is 4.03. The Kier molecular flexibility index (Phi) is 4.45. The molecule has 1 atom stereocenters. The molecule has 25 heavy (non-hydrogen) atoms. The number of nitrogens with one attached hydrogen (secondary N) is 1. The summed E-state index contributed by atoms with van der Waals surface area (Å²) in [6, 6.07) is 1.88. The van der Waals surface area contributed by atoms with Crippen LogP contribution in [0.2, 0.25) is 10.0 Å². The van der Waals surface area contributed by atoms with Crippen LogP contribution < -0.4 is 0 Å². The van der Waals surface area contributed by atoms with Crippen molar-refractivity contribution in [2.45, 2.75) is 26.4 Å². The standard InChI is InChI=1S/C17H19Cl2N5O/c1-10-16(11(2)22-21-10)15-9-25-4-3-23(15)7-13-8-24-6-12(18)5-14(19)17(24)20-13/h5-6,8,15H,3-4,7,9H2,1-2H3,(H,21,22). The van der Waals surface area contributed by atoms with Crippen LogP contribution in [0.3, 0.4) is 0 Å². The van der Waals surface area contributed by atoms with Crippen LogP contribution in [0, 0.1) is 13.8 Å². The van der Waals surface area contributed by atoms with E-state index in [2.05, 4.69) is 27.0 Å². The van der Waals surface area contributed by atoms with E-state index < -0.39 is 0 Å². The molecular formula is C17H19Cl2N5O. The maximum absolute atomic E-state index is 6.26. The van der Waals surface area contributed by atoms with Gasteiger partial charge in [0.25, 0.3) is 0 Å². The predicted octanol–water partition coefficient (Wildman–Crippen LogP) is 3.55. The lowest BCUT2D eigenvalue weighted by molar-refractivity contribution is -0.0136. The third kappa shape index (κ3) is 3.15. The number of aryl methyl sites for hydroxylation is 2. The molecule has 0 aliphatic carbocycles. The summed E-state index contributed by atoms with van der Waals surface area (Å²) in [5, 5.41) is 8.55. The zero-order valence-corrected chi connectivity index (χ0v) is 15.6. The molecule has 8 heteroatoms. The third-order valence-electron chi connectivity index (χ3n) is 4.65. The Labute approximate surface area is 155 Å². The van der Waals surface area contributed by atoms with Crippen LogP contribution in [-0.4, -0.2) is 44.2 Å². The van der Waals surface area contributed by atoms with Crippen molar-refractivity contribution in [1.82, 2.24) is 24.5 Å². The van der Waals surface area contributed by atoms with E-state index in [1.54, 1.807) is 6.07 Å². The molecule has 6 nitrogen and oxygen atoms in total. The lowest BCUT2D eigenvalue weighted by Crippen LogP contribution is -2.39. The molecule has 0 radical (unpaired) electrons. The van der Waals surface area contributed by atoms with Crippen molar-refractivity contribution in [3.63, 3.8) is 0 Å².